The minimum absolute atomic E-state index is 0.0276. The van der Waals surface area contributed by atoms with Gasteiger partial charge in [-0.3, -0.25) is 0 Å². The average molecular weight is 388 g/mol. The Balaban J connectivity index is 2.07. The number of alkyl halides is 3. The third-order valence-corrected chi connectivity index (χ3v) is 4.59. The first-order valence-electron chi connectivity index (χ1n) is 8.86. The van der Waals surface area contributed by atoms with E-state index in [2.05, 4.69) is 0 Å². The molecular weight excluding hydrogens is 361 g/mol. The van der Waals surface area contributed by atoms with E-state index in [1.165, 1.54) is 12.1 Å². The standard InChI is InChI=1S/C19H27F3N2O3/c1-13-12-23(16(25)27-17(2,3)4)10-11-24(13)15-8-6-14(7-9-15)18(5,26)19(20,21)22/h6-9,13,26H,10-12H2,1-5H3/t13-,18+/m0/s1. The van der Waals surface area contributed by atoms with Crippen molar-refractivity contribution in [3.05, 3.63) is 29.8 Å². The zero-order valence-corrected chi connectivity index (χ0v) is 16.3. The van der Waals surface area contributed by atoms with Gasteiger partial charge in [0, 0.05) is 31.4 Å². The number of carbonyl (C=O) groups excluding carboxylic acids is 1. The van der Waals surface area contributed by atoms with E-state index in [-0.39, 0.29) is 17.7 Å². The molecule has 1 aromatic rings. The molecular formula is C19H27F3N2O3. The first-order chi connectivity index (χ1) is 12.2. The summed E-state index contributed by atoms with van der Waals surface area (Å²) < 4.78 is 44.3. The van der Waals surface area contributed by atoms with Crippen molar-refractivity contribution in [2.45, 2.75) is 58.0 Å². The van der Waals surface area contributed by atoms with Crippen LogP contribution in [0.3, 0.4) is 0 Å². The first kappa shape index (κ1) is 21.3. The van der Waals surface area contributed by atoms with E-state index in [1.54, 1.807) is 17.0 Å². The predicted octanol–water partition coefficient (Wildman–Crippen LogP) is 3.90. The predicted molar refractivity (Wildman–Crippen MR) is 96.7 cm³/mol. The van der Waals surface area contributed by atoms with Crippen LogP contribution < -0.4 is 4.90 Å². The number of amides is 1. The summed E-state index contributed by atoms with van der Waals surface area (Å²) >= 11 is 0. The van der Waals surface area contributed by atoms with Gasteiger partial charge in [0.2, 0.25) is 0 Å². The maximum absolute atomic E-state index is 13.0. The smallest absolute Gasteiger partial charge is 0.421 e. The van der Waals surface area contributed by atoms with E-state index < -0.39 is 17.4 Å². The molecule has 27 heavy (non-hydrogen) atoms. The highest BCUT2D eigenvalue weighted by molar-refractivity contribution is 5.69. The Morgan fingerprint density at radius 2 is 1.67 bits per heavy atom. The van der Waals surface area contributed by atoms with Crippen LogP contribution in [0.2, 0.25) is 0 Å². The van der Waals surface area contributed by atoms with E-state index in [0.29, 0.717) is 19.6 Å². The van der Waals surface area contributed by atoms with Gasteiger partial charge in [-0.25, -0.2) is 4.79 Å². The van der Waals surface area contributed by atoms with Crippen molar-refractivity contribution in [1.82, 2.24) is 4.90 Å². The highest BCUT2D eigenvalue weighted by Crippen LogP contribution is 2.39. The lowest BCUT2D eigenvalue weighted by Gasteiger charge is -2.41. The number of aliphatic hydroxyl groups is 1. The van der Waals surface area contributed by atoms with E-state index in [4.69, 9.17) is 4.74 Å². The molecule has 1 amide bonds. The molecule has 0 aromatic heterocycles. The van der Waals surface area contributed by atoms with E-state index in [1.807, 2.05) is 32.6 Å². The highest BCUT2D eigenvalue weighted by Gasteiger charge is 2.51. The van der Waals surface area contributed by atoms with Gasteiger partial charge < -0.3 is 19.6 Å². The van der Waals surface area contributed by atoms with E-state index >= 15 is 0 Å². The van der Waals surface area contributed by atoms with Gasteiger partial charge in [0.05, 0.1) is 0 Å². The van der Waals surface area contributed by atoms with Gasteiger partial charge in [-0.05, 0) is 52.3 Å². The molecule has 1 N–H and O–H groups in total. The average Bonchev–Trinajstić information content (AvgIpc) is 2.52. The van der Waals surface area contributed by atoms with Crippen LogP contribution in [-0.2, 0) is 10.3 Å². The van der Waals surface area contributed by atoms with E-state index in [0.717, 1.165) is 12.6 Å². The second-order valence-electron chi connectivity index (χ2n) is 8.09. The molecule has 1 aromatic carbocycles. The molecule has 0 saturated carbocycles. The summed E-state index contributed by atoms with van der Waals surface area (Å²) in [7, 11) is 0. The van der Waals surface area contributed by atoms with Crippen LogP contribution in [0, 0.1) is 0 Å². The fourth-order valence-corrected chi connectivity index (χ4v) is 2.97. The number of benzene rings is 1. The van der Waals surface area contributed by atoms with Crippen molar-refractivity contribution in [3.63, 3.8) is 0 Å². The van der Waals surface area contributed by atoms with Gasteiger partial charge in [-0.15, -0.1) is 0 Å². The maximum atomic E-state index is 13.0. The topological polar surface area (TPSA) is 53.0 Å². The molecule has 2 rings (SSSR count). The number of halogens is 3. The summed E-state index contributed by atoms with van der Waals surface area (Å²) in [4.78, 5) is 15.9. The maximum Gasteiger partial charge on any atom is 0.421 e. The van der Waals surface area contributed by atoms with Crippen molar-refractivity contribution >= 4 is 11.8 Å². The van der Waals surface area contributed by atoms with Crippen molar-refractivity contribution in [2.24, 2.45) is 0 Å². The summed E-state index contributed by atoms with van der Waals surface area (Å²) in [6.45, 7) is 9.56. The molecule has 1 aliphatic heterocycles. The van der Waals surface area contributed by atoms with Crippen molar-refractivity contribution in [2.75, 3.05) is 24.5 Å². The van der Waals surface area contributed by atoms with Gasteiger partial charge >= 0.3 is 12.3 Å². The number of hydrogen-bond acceptors (Lipinski definition) is 4. The number of ether oxygens (including phenoxy) is 1. The number of anilines is 1. The minimum Gasteiger partial charge on any atom is -0.444 e. The molecule has 152 valence electrons. The summed E-state index contributed by atoms with van der Waals surface area (Å²) in [6, 6.07) is 5.68. The zero-order chi connectivity index (χ0) is 20.6. The van der Waals surface area contributed by atoms with Gasteiger partial charge in [0.25, 0.3) is 0 Å². The molecule has 1 saturated heterocycles. The molecule has 5 nitrogen and oxygen atoms in total. The molecule has 0 unspecified atom stereocenters. The number of piperazine rings is 1. The normalized spacial score (nSPS) is 21.0. The third-order valence-electron chi connectivity index (χ3n) is 4.59. The van der Waals surface area contributed by atoms with E-state index in [9.17, 15) is 23.1 Å². The lowest BCUT2D eigenvalue weighted by Crippen LogP contribution is -2.54. The summed E-state index contributed by atoms with van der Waals surface area (Å²) in [5.41, 5.74) is -2.93. The Morgan fingerprint density at radius 3 is 2.11 bits per heavy atom. The molecule has 2 atom stereocenters. The summed E-state index contributed by atoms with van der Waals surface area (Å²) in [6.07, 6.45) is -5.12. The molecule has 0 radical (unpaired) electrons. The van der Waals surface area contributed by atoms with Gasteiger partial charge in [-0.1, -0.05) is 12.1 Å². The van der Waals surface area contributed by atoms with Crippen molar-refractivity contribution < 1.29 is 27.8 Å². The third kappa shape index (κ3) is 4.86. The molecule has 0 aliphatic carbocycles. The van der Waals surface area contributed by atoms with Crippen LogP contribution in [-0.4, -0.2) is 53.6 Å². The molecule has 1 fully saturated rings. The lowest BCUT2D eigenvalue weighted by atomic mass is 9.95. The fourth-order valence-electron chi connectivity index (χ4n) is 2.97. The fraction of sp³-hybridized carbons (Fsp3) is 0.632. The van der Waals surface area contributed by atoms with Gasteiger partial charge in [0.1, 0.15) is 5.60 Å². The van der Waals surface area contributed by atoms with Crippen LogP contribution >= 0.6 is 0 Å². The summed E-state index contributed by atoms with van der Waals surface area (Å²) in [5, 5.41) is 9.77. The Bertz CT molecular complexity index is 666. The SMILES string of the molecule is C[C@H]1CN(C(=O)OC(C)(C)C)CCN1c1ccc([C@@](C)(O)C(F)(F)F)cc1. The van der Waals surface area contributed by atoms with Crippen molar-refractivity contribution in [1.29, 1.82) is 0 Å². The monoisotopic (exact) mass is 388 g/mol. The first-order valence-corrected chi connectivity index (χ1v) is 8.86. The van der Waals surface area contributed by atoms with Crippen LogP contribution in [0.1, 0.15) is 40.2 Å². The van der Waals surface area contributed by atoms with Crippen LogP contribution in [0.15, 0.2) is 24.3 Å². The molecule has 0 bridgehead atoms. The Labute approximate surface area is 157 Å². The van der Waals surface area contributed by atoms with Crippen LogP contribution in [0.4, 0.5) is 23.7 Å². The number of nitrogens with zero attached hydrogens (tertiary/aromatic N) is 2. The Hall–Kier alpha value is -1.96. The molecule has 1 aliphatic rings. The largest absolute Gasteiger partial charge is 0.444 e. The Kier molecular flexibility index (Phi) is 5.71. The number of rotatable bonds is 2. The second kappa shape index (κ2) is 7.22. The van der Waals surface area contributed by atoms with Crippen LogP contribution in [0.5, 0.6) is 0 Å². The molecule has 8 heteroatoms. The molecule has 0 spiro atoms. The lowest BCUT2D eigenvalue weighted by molar-refractivity contribution is -0.258. The second-order valence-corrected chi connectivity index (χ2v) is 8.09. The molecule has 1 heterocycles. The zero-order valence-electron chi connectivity index (χ0n) is 16.3. The Morgan fingerprint density at radius 1 is 1.11 bits per heavy atom. The summed E-state index contributed by atoms with van der Waals surface area (Å²) in [5.74, 6) is 0. The quantitative estimate of drug-likeness (QED) is 0.835. The highest BCUT2D eigenvalue weighted by atomic mass is 19.4. The van der Waals surface area contributed by atoms with Gasteiger partial charge in [0.15, 0.2) is 5.60 Å². The van der Waals surface area contributed by atoms with Gasteiger partial charge in [-0.2, -0.15) is 13.2 Å². The van der Waals surface area contributed by atoms with Crippen LogP contribution in [0.25, 0.3) is 0 Å². The number of carbonyl (C=O) groups is 1. The van der Waals surface area contributed by atoms with Crippen molar-refractivity contribution in [3.8, 4) is 0 Å². The number of hydrogen-bond donors (Lipinski definition) is 1. The minimum atomic E-state index is -4.75.